The zero-order chi connectivity index (χ0) is 14.8. The lowest BCUT2D eigenvalue weighted by molar-refractivity contribution is -0.384. The molecule has 0 aromatic heterocycles. The number of fused-ring (bicyclic) bond motifs is 1. The van der Waals surface area contributed by atoms with Crippen LogP contribution < -0.4 is 4.90 Å². The molecule has 0 spiro atoms. The maximum absolute atomic E-state index is 11.4. The lowest BCUT2D eigenvalue weighted by Gasteiger charge is -2.45. The minimum absolute atomic E-state index is 0.0609. The van der Waals surface area contributed by atoms with Crippen LogP contribution in [-0.2, 0) is 0 Å². The van der Waals surface area contributed by atoms with E-state index in [0.717, 1.165) is 19.4 Å². The first-order chi connectivity index (χ1) is 10.2. The quantitative estimate of drug-likeness (QED) is 0.484. The molecule has 2 atom stereocenters. The number of aldehydes is 1. The summed E-state index contributed by atoms with van der Waals surface area (Å²) >= 11 is 0. The fourth-order valence-electron chi connectivity index (χ4n) is 3.93. The second-order valence-corrected chi connectivity index (χ2v) is 6.07. The van der Waals surface area contributed by atoms with Crippen LogP contribution in [0.2, 0.25) is 0 Å². The third-order valence-electron chi connectivity index (χ3n) is 4.88. The van der Waals surface area contributed by atoms with Gasteiger partial charge in [0.05, 0.1) is 4.92 Å². The number of hydrogen-bond acceptors (Lipinski definition) is 4. The van der Waals surface area contributed by atoms with Crippen molar-refractivity contribution >= 4 is 17.7 Å². The molecule has 21 heavy (non-hydrogen) atoms. The Morgan fingerprint density at radius 3 is 2.71 bits per heavy atom. The number of rotatable bonds is 3. The molecule has 2 aliphatic rings. The molecule has 1 aliphatic heterocycles. The molecule has 1 aliphatic carbocycles. The number of nitro groups is 1. The molecule has 1 aromatic carbocycles. The van der Waals surface area contributed by atoms with Gasteiger partial charge in [0.25, 0.3) is 5.69 Å². The molecule has 0 bridgehead atoms. The van der Waals surface area contributed by atoms with Crippen LogP contribution in [0.15, 0.2) is 18.2 Å². The molecular weight excluding hydrogens is 268 g/mol. The van der Waals surface area contributed by atoms with Crippen molar-refractivity contribution in [1.29, 1.82) is 0 Å². The third-order valence-corrected chi connectivity index (χ3v) is 4.88. The summed E-state index contributed by atoms with van der Waals surface area (Å²) in [5.74, 6) is 0.665. The number of hydrogen-bond donors (Lipinski definition) is 0. The van der Waals surface area contributed by atoms with Gasteiger partial charge in [-0.3, -0.25) is 14.9 Å². The van der Waals surface area contributed by atoms with E-state index >= 15 is 0 Å². The number of benzene rings is 1. The summed E-state index contributed by atoms with van der Waals surface area (Å²) in [6.45, 7) is 0.877. The van der Waals surface area contributed by atoms with Crippen LogP contribution in [0.1, 0.15) is 48.9 Å². The highest BCUT2D eigenvalue weighted by Crippen LogP contribution is 2.40. The van der Waals surface area contributed by atoms with Gasteiger partial charge in [0.15, 0.2) is 0 Å². The second kappa shape index (κ2) is 5.84. The van der Waals surface area contributed by atoms with Crippen LogP contribution >= 0.6 is 0 Å². The Kier molecular flexibility index (Phi) is 3.90. The number of nitro benzene ring substituents is 1. The van der Waals surface area contributed by atoms with E-state index in [4.69, 9.17) is 0 Å². The summed E-state index contributed by atoms with van der Waals surface area (Å²) in [7, 11) is 0. The van der Waals surface area contributed by atoms with Crippen LogP contribution in [-0.4, -0.2) is 23.8 Å². The van der Waals surface area contributed by atoms with Crippen molar-refractivity contribution < 1.29 is 9.72 Å². The van der Waals surface area contributed by atoms with E-state index < -0.39 is 0 Å². The van der Waals surface area contributed by atoms with Gasteiger partial charge in [0, 0.05) is 24.2 Å². The largest absolute Gasteiger partial charge is 0.363 e. The highest BCUT2D eigenvalue weighted by Gasteiger charge is 2.35. The van der Waals surface area contributed by atoms with E-state index in [0.29, 0.717) is 29.5 Å². The van der Waals surface area contributed by atoms with E-state index in [1.165, 1.54) is 31.7 Å². The van der Waals surface area contributed by atoms with Crippen molar-refractivity contribution in [2.45, 2.75) is 44.6 Å². The molecule has 3 rings (SSSR count). The minimum atomic E-state index is -0.366. The first-order valence-corrected chi connectivity index (χ1v) is 7.71. The lowest BCUT2D eigenvalue weighted by Crippen LogP contribution is -2.47. The molecule has 0 amide bonds. The predicted octanol–water partition coefficient (Wildman–Crippen LogP) is 3.57. The topological polar surface area (TPSA) is 63.5 Å². The Hall–Kier alpha value is -1.91. The van der Waals surface area contributed by atoms with Gasteiger partial charge >= 0.3 is 0 Å². The number of anilines is 1. The maximum Gasteiger partial charge on any atom is 0.293 e. The van der Waals surface area contributed by atoms with Crippen LogP contribution in [0.25, 0.3) is 0 Å². The SMILES string of the molecule is O=Cc1ccc(N2CCCC3CCCCC32)c([N+](=O)[O-])c1. The monoisotopic (exact) mass is 288 g/mol. The van der Waals surface area contributed by atoms with Gasteiger partial charge in [0.1, 0.15) is 12.0 Å². The van der Waals surface area contributed by atoms with Crippen molar-refractivity contribution in [3.63, 3.8) is 0 Å². The molecule has 5 heteroatoms. The summed E-state index contributed by atoms with van der Waals surface area (Å²) in [4.78, 5) is 24.1. The number of carbonyl (C=O) groups is 1. The normalized spacial score (nSPS) is 25.2. The Balaban J connectivity index is 1.98. The molecule has 112 valence electrons. The fraction of sp³-hybridized carbons (Fsp3) is 0.562. The van der Waals surface area contributed by atoms with E-state index in [2.05, 4.69) is 4.90 Å². The standard InChI is InChI=1S/C16H20N2O3/c19-11-12-7-8-15(16(10-12)18(20)21)17-9-3-5-13-4-1-2-6-14(13)17/h7-8,10-11,13-14H,1-6,9H2. The molecule has 2 unspecified atom stereocenters. The smallest absolute Gasteiger partial charge is 0.293 e. The molecule has 1 aromatic rings. The van der Waals surface area contributed by atoms with Crippen LogP contribution in [0.5, 0.6) is 0 Å². The highest BCUT2D eigenvalue weighted by molar-refractivity contribution is 5.79. The summed E-state index contributed by atoms with van der Waals surface area (Å²) in [6.07, 6.45) is 7.84. The Bertz CT molecular complexity index is 556. The van der Waals surface area contributed by atoms with E-state index in [1.807, 2.05) is 0 Å². The van der Waals surface area contributed by atoms with Crippen molar-refractivity contribution in [3.8, 4) is 0 Å². The second-order valence-electron chi connectivity index (χ2n) is 6.07. The highest BCUT2D eigenvalue weighted by atomic mass is 16.6. The number of piperidine rings is 1. The molecule has 1 heterocycles. The molecule has 1 saturated heterocycles. The summed E-state index contributed by atoms with van der Waals surface area (Å²) in [5, 5.41) is 11.4. The fourth-order valence-corrected chi connectivity index (χ4v) is 3.93. The van der Waals surface area contributed by atoms with Crippen molar-refractivity contribution in [2.75, 3.05) is 11.4 Å². The van der Waals surface area contributed by atoms with Gasteiger partial charge < -0.3 is 4.90 Å². The number of nitrogens with zero attached hydrogens (tertiary/aromatic N) is 2. The molecule has 0 N–H and O–H groups in total. The van der Waals surface area contributed by atoms with Crippen molar-refractivity contribution in [3.05, 3.63) is 33.9 Å². The van der Waals surface area contributed by atoms with Gasteiger partial charge in [-0.05, 0) is 43.7 Å². The zero-order valence-electron chi connectivity index (χ0n) is 12.0. The van der Waals surface area contributed by atoms with Crippen LogP contribution in [0.4, 0.5) is 11.4 Å². The first-order valence-electron chi connectivity index (χ1n) is 7.71. The minimum Gasteiger partial charge on any atom is -0.363 e. The lowest BCUT2D eigenvalue weighted by atomic mass is 9.78. The number of carbonyl (C=O) groups excluding carboxylic acids is 1. The summed E-state index contributed by atoms with van der Waals surface area (Å²) in [6, 6.07) is 5.25. The van der Waals surface area contributed by atoms with Gasteiger partial charge in [0.2, 0.25) is 0 Å². The summed E-state index contributed by atoms with van der Waals surface area (Å²) in [5.41, 5.74) is 1.11. The van der Waals surface area contributed by atoms with Gasteiger partial charge in [-0.2, -0.15) is 0 Å². The molecule has 1 saturated carbocycles. The van der Waals surface area contributed by atoms with Crippen LogP contribution in [0, 0.1) is 16.0 Å². The van der Waals surface area contributed by atoms with Gasteiger partial charge in [-0.1, -0.05) is 12.8 Å². The van der Waals surface area contributed by atoms with Gasteiger partial charge in [-0.25, -0.2) is 0 Å². The van der Waals surface area contributed by atoms with Gasteiger partial charge in [-0.15, -0.1) is 0 Å². The predicted molar refractivity (Wildman–Crippen MR) is 80.8 cm³/mol. The van der Waals surface area contributed by atoms with Crippen LogP contribution in [0.3, 0.4) is 0 Å². The Morgan fingerprint density at radius 1 is 1.19 bits per heavy atom. The zero-order valence-corrected chi connectivity index (χ0v) is 12.0. The third kappa shape index (κ3) is 2.64. The van der Waals surface area contributed by atoms with E-state index in [1.54, 1.807) is 12.1 Å². The van der Waals surface area contributed by atoms with Crippen molar-refractivity contribution in [2.24, 2.45) is 5.92 Å². The average molecular weight is 288 g/mol. The molecular formula is C16H20N2O3. The molecule has 2 fully saturated rings. The van der Waals surface area contributed by atoms with E-state index in [9.17, 15) is 14.9 Å². The first kappa shape index (κ1) is 14.0. The molecule has 5 nitrogen and oxygen atoms in total. The molecule has 0 radical (unpaired) electrons. The summed E-state index contributed by atoms with van der Waals surface area (Å²) < 4.78 is 0. The van der Waals surface area contributed by atoms with Crippen molar-refractivity contribution in [1.82, 2.24) is 0 Å². The Morgan fingerprint density at radius 2 is 1.95 bits per heavy atom. The maximum atomic E-state index is 11.4. The van der Waals surface area contributed by atoms with E-state index in [-0.39, 0.29) is 10.6 Å². The average Bonchev–Trinajstić information content (AvgIpc) is 2.53. The Labute approximate surface area is 124 Å².